The third kappa shape index (κ3) is 6.65. The predicted octanol–water partition coefficient (Wildman–Crippen LogP) is 5.61. The highest BCUT2D eigenvalue weighted by Gasteiger charge is 2.04. The van der Waals surface area contributed by atoms with Crippen LogP contribution in [0.25, 0.3) is 0 Å². The van der Waals surface area contributed by atoms with Crippen molar-refractivity contribution in [2.45, 2.75) is 40.7 Å². The first kappa shape index (κ1) is 17.0. The van der Waals surface area contributed by atoms with Crippen molar-refractivity contribution < 1.29 is 0 Å². The molecule has 18 heavy (non-hydrogen) atoms. The first-order chi connectivity index (χ1) is 8.63. The summed E-state index contributed by atoms with van der Waals surface area (Å²) in [6.45, 7) is 10.3. The highest BCUT2D eigenvalue weighted by molar-refractivity contribution is 9.10. The van der Waals surface area contributed by atoms with E-state index in [4.69, 9.17) is 0 Å². The Morgan fingerprint density at radius 1 is 1.33 bits per heavy atom. The molecule has 0 saturated carbocycles. The molecule has 0 aromatic heterocycles. The van der Waals surface area contributed by atoms with E-state index in [1.807, 2.05) is 39.0 Å². The summed E-state index contributed by atoms with van der Waals surface area (Å²) in [6.07, 6.45) is 6.14. The topological polar surface area (TPSA) is 12.0 Å². The average Bonchev–Trinajstić information content (AvgIpc) is 2.38. The van der Waals surface area contributed by atoms with E-state index >= 15 is 0 Å². The van der Waals surface area contributed by atoms with Crippen LogP contribution >= 0.6 is 15.9 Å². The Labute approximate surface area is 120 Å². The van der Waals surface area contributed by atoms with Gasteiger partial charge in [0.1, 0.15) is 0 Å². The highest BCUT2D eigenvalue weighted by Crippen LogP contribution is 2.18. The Hall–Kier alpha value is -1.02. The van der Waals surface area contributed by atoms with Crippen molar-refractivity contribution in [2.24, 2.45) is 0 Å². The van der Waals surface area contributed by atoms with Gasteiger partial charge in [0.05, 0.1) is 0 Å². The summed E-state index contributed by atoms with van der Waals surface area (Å²) in [5, 5.41) is 3.45. The molecule has 1 N–H and O–H groups in total. The smallest absolute Gasteiger partial charge is 0.0482 e. The van der Waals surface area contributed by atoms with Gasteiger partial charge in [0, 0.05) is 16.2 Å². The molecule has 0 amide bonds. The van der Waals surface area contributed by atoms with Crippen LogP contribution in [0.3, 0.4) is 0 Å². The van der Waals surface area contributed by atoms with Crippen LogP contribution in [-0.2, 0) is 0 Å². The van der Waals surface area contributed by atoms with E-state index in [2.05, 4.69) is 59.4 Å². The van der Waals surface area contributed by atoms with Crippen LogP contribution in [0.2, 0.25) is 0 Å². The van der Waals surface area contributed by atoms with Gasteiger partial charge in [-0.05, 0) is 44.5 Å². The molecule has 0 fully saturated rings. The number of allylic oxidation sites excluding steroid dienone is 4. The van der Waals surface area contributed by atoms with Crippen LogP contribution < -0.4 is 5.32 Å². The van der Waals surface area contributed by atoms with Crippen LogP contribution in [0.15, 0.2) is 52.7 Å². The molecular formula is C16H24BrN. The summed E-state index contributed by atoms with van der Waals surface area (Å²) >= 11 is 3.49. The molecule has 1 aromatic carbocycles. The van der Waals surface area contributed by atoms with Gasteiger partial charge in [0.25, 0.3) is 0 Å². The van der Waals surface area contributed by atoms with E-state index in [0.717, 1.165) is 4.47 Å². The van der Waals surface area contributed by atoms with E-state index in [0.29, 0.717) is 6.04 Å². The summed E-state index contributed by atoms with van der Waals surface area (Å²) in [4.78, 5) is 0. The van der Waals surface area contributed by atoms with Crippen molar-refractivity contribution in [1.29, 1.82) is 0 Å². The zero-order chi connectivity index (χ0) is 14.0. The molecule has 1 aromatic rings. The molecule has 0 heterocycles. The zero-order valence-corrected chi connectivity index (χ0v) is 13.6. The molecule has 0 aliphatic rings. The fourth-order valence-corrected chi connectivity index (χ4v) is 1.91. The molecule has 0 aliphatic carbocycles. The van der Waals surface area contributed by atoms with Gasteiger partial charge >= 0.3 is 0 Å². The second-order valence-corrected chi connectivity index (χ2v) is 4.71. The summed E-state index contributed by atoms with van der Waals surface area (Å²) in [7, 11) is 0. The lowest BCUT2D eigenvalue weighted by Crippen LogP contribution is -2.16. The normalized spacial score (nSPS) is 12.9. The molecule has 0 aliphatic heterocycles. The highest BCUT2D eigenvalue weighted by atomic mass is 79.9. The van der Waals surface area contributed by atoms with E-state index in [9.17, 15) is 0 Å². The Balaban J connectivity index is 0.00000137. The van der Waals surface area contributed by atoms with Gasteiger partial charge in [-0.25, -0.2) is 0 Å². The Morgan fingerprint density at radius 2 is 2.00 bits per heavy atom. The molecule has 0 bridgehead atoms. The quantitative estimate of drug-likeness (QED) is 0.713. The van der Waals surface area contributed by atoms with Crippen molar-refractivity contribution in [3.8, 4) is 0 Å². The summed E-state index contributed by atoms with van der Waals surface area (Å²) < 4.78 is 1.12. The van der Waals surface area contributed by atoms with Gasteiger partial charge in [-0.2, -0.15) is 0 Å². The van der Waals surface area contributed by atoms with Crippen LogP contribution in [-0.4, -0.2) is 0 Å². The fraction of sp³-hybridized carbons (Fsp3) is 0.375. The SMILES string of the molecule is C/C=C\C=C(/C)NC(C)c1cccc(Br)c1.CC. The molecule has 2 heteroatoms. The van der Waals surface area contributed by atoms with Crippen molar-refractivity contribution >= 4 is 15.9 Å². The molecule has 1 nitrogen and oxygen atoms in total. The lowest BCUT2D eigenvalue weighted by Gasteiger charge is -2.16. The molecular weight excluding hydrogens is 286 g/mol. The lowest BCUT2D eigenvalue weighted by molar-refractivity contribution is 0.653. The van der Waals surface area contributed by atoms with E-state index < -0.39 is 0 Å². The van der Waals surface area contributed by atoms with Gasteiger partial charge in [-0.3, -0.25) is 0 Å². The minimum atomic E-state index is 0.319. The Morgan fingerprint density at radius 3 is 2.56 bits per heavy atom. The maximum Gasteiger partial charge on any atom is 0.0482 e. The average molecular weight is 310 g/mol. The third-order valence-electron chi connectivity index (χ3n) is 2.33. The number of halogens is 1. The standard InChI is InChI=1S/C14H18BrN.C2H6/c1-4-5-7-11(2)16-12(3)13-8-6-9-14(15)10-13;1-2/h4-10,12,16H,1-3H3;1-2H3/b5-4-,11-7+;. The Bertz CT molecular complexity index is 394. The third-order valence-corrected chi connectivity index (χ3v) is 2.82. The number of rotatable bonds is 4. The fourth-order valence-electron chi connectivity index (χ4n) is 1.49. The number of nitrogens with one attached hydrogen (secondary N) is 1. The van der Waals surface area contributed by atoms with Gasteiger partial charge in [0.2, 0.25) is 0 Å². The minimum absolute atomic E-state index is 0.319. The molecule has 100 valence electrons. The largest absolute Gasteiger partial charge is 0.382 e. The number of hydrogen-bond acceptors (Lipinski definition) is 1. The van der Waals surface area contributed by atoms with Crippen molar-refractivity contribution in [2.75, 3.05) is 0 Å². The van der Waals surface area contributed by atoms with Crippen molar-refractivity contribution in [3.63, 3.8) is 0 Å². The van der Waals surface area contributed by atoms with Crippen LogP contribution in [0, 0.1) is 0 Å². The van der Waals surface area contributed by atoms with Crippen molar-refractivity contribution in [1.82, 2.24) is 5.32 Å². The maximum absolute atomic E-state index is 3.49. The molecule has 0 spiro atoms. The predicted molar refractivity (Wildman–Crippen MR) is 85.6 cm³/mol. The monoisotopic (exact) mass is 309 g/mol. The molecule has 1 atom stereocenters. The minimum Gasteiger partial charge on any atom is -0.382 e. The van der Waals surface area contributed by atoms with Gasteiger partial charge in [-0.15, -0.1) is 0 Å². The van der Waals surface area contributed by atoms with Crippen molar-refractivity contribution in [3.05, 3.63) is 58.2 Å². The summed E-state index contributed by atoms with van der Waals surface area (Å²) in [5.41, 5.74) is 2.45. The second kappa shape index (κ2) is 9.95. The summed E-state index contributed by atoms with van der Waals surface area (Å²) in [6, 6.07) is 8.69. The van der Waals surface area contributed by atoms with Gasteiger partial charge < -0.3 is 5.32 Å². The molecule has 1 unspecified atom stereocenters. The van der Waals surface area contributed by atoms with Gasteiger partial charge in [-0.1, -0.05) is 54.1 Å². The molecule has 0 radical (unpaired) electrons. The van der Waals surface area contributed by atoms with Gasteiger partial charge in [0.15, 0.2) is 0 Å². The van der Waals surface area contributed by atoms with E-state index in [-0.39, 0.29) is 0 Å². The van der Waals surface area contributed by atoms with E-state index in [1.165, 1.54) is 11.3 Å². The molecule has 1 rings (SSSR count). The Kier molecular flexibility index (Phi) is 9.39. The van der Waals surface area contributed by atoms with Crippen LogP contribution in [0.1, 0.15) is 46.2 Å². The van der Waals surface area contributed by atoms with Crippen LogP contribution in [0.4, 0.5) is 0 Å². The first-order valence-electron chi connectivity index (χ1n) is 6.45. The van der Waals surface area contributed by atoms with E-state index in [1.54, 1.807) is 0 Å². The maximum atomic E-state index is 3.49. The number of hydrogen-bond donors (Lipinski definition) is 1. The summed E-state index contributed by atoms with van der Waals surface area (Å²) in [5.74, 6) is 0. The molecule has 0 saturated heterocycles. The number of benzene rings is 1. The lowest BCUT2D eigenvalue weighted by atomic mass is 10.1. The second-order valence-electron chi connectivity index (χ2n) is 3.80. The first-order valence-corrected chi connectivity index (χ1v) is 7.24. The zero-order valence-electron chi connectivity index (χ0n) is 12.0. The van der Waals surface area contributed by atoms with Crippen LogP contribution in [0.5, 0.6) is 0 Å².